The van der Waals surface area contributed by atoms with Crippen LogP contribution in [-0.2, 0) is 0 Å². The Bertz CT molecular complexity index is 479. The molecule has 0 aliphatic rings. The first-order valence-electron chi connectivity index (χ1n) is 5.08. The number of aromatic nitrogens is 1. The first kappa shape index (κ1) is 9.77. The van der Waals surface area contributed by atoms with E-state index in [0.29, 0.717) is 0 Å². The summed E-state index contributed by atoms with van der Waals surface area (Å²) in [6.07, 6.45) is 1.73. The highest BCUT2D eigenvalue weighted by atomic mass is 15.1. The number of hydrogen-bond donors (Lipinski definition) is 1. The molecule has 1 aromatic heterocycles. The Kier molecular flexibility index (Phi) is 2.46. The molecule has 0 bridgehead atoms. The second-order valence-corrected chi connectivity index (χ2v) is 3.59. The molecule has 0 unspecified atom stereocenters. The lowest BCUT2D eigenvalue weighted by Gasteiger charge is -2.20. The van der Waals surface area contributed by atoms with Crippen LogP contribution < -0.4 is 10.6 Å². The lowest BCUT2D eigenvalue weighted by molar-refractivity contribution is 0.974. The molecule has 0 saturated heterocycles. The van der Waals surface area contributed by atoms with Crippen molar-refractivity contribution in [2.45, 2.75) is 6.92 Å². The fourth-order valence-corrected chi connectivity index (χ4v) is 1.73. The van der Waals surface area contributed by atoms with Crippen molar-refractivity contribution in [1.82, 2.24) is 4.98 Å². The van der Waals surface area contributed by atoms with Gasteiger partial charge in [0.25, 0.3) is 0 Å². The van der Waals surface area contributed by atoms with Gasteiger partial charge in [0, 0.05) is 19.0 Å². The van der Waals surface area contributed by atoms with Crippen LogP contribution in [0.5, 0.6) is 0 Å². The number of para-hydroxylation sites is 1. The largest absolute Gasteiger partial charge is 0.396 e. The van der Waals surface area contributed by atoms with Crippen LogP contribution in [0.25, 0.3) is 10.9 Å². The summed E-state index contributed by atoms with van der Waals surface area (Å²) in [4.78, 5) is 6.44. The fraction of sp³-hybridized carbons (Fsp3) is 0.250. The maximum Gasteiger partial charge on any atom is 0.0745 e. The number of rotatable bonds is 2. The van der Waals surface area contributed by atoms with E-state index < -0.39 is 0 Å². The molecule has 2 N–H and O–H groups in total. The van der Waals surface area contributed by atoms with Crippen molar-refractivity contribution in [3.63, 3.8) is 0 Å². The summed E-state index contributed by atoms with van der Waals surface area (Å²) in [5.74, 6) is 0. The topological polar surface area (TPSA) is 42.1 Å². The SMILES string of the molecule is CCN(C)c1c(N)cnc2ccccc12. The van der Waals surface area contributed by atoms with Crippen LogP contribution in [-0.4, -0.2) is 18.6 Å². The van der Waals surface area contributed by atoms with Gasteiger partial charge < -0.3 is 10.6 Å². The number of benzene rings is 1. The minimum Gasteiger partial charge on any atom is -0.396 e. The van der Waals surface area contributed by atoms with Crippen molar-refractivity contribution in [3.05, 3.63) is 30.5 Å². The number of hydrogen-bond acceptors (Lipinski definition) is 3. The Labute approximate surface area is 89.5 Å². The molecule has 1 heterocycles. The summed E-state index contributed by atoms with van der Waals surface area (Å²) in [5.41, 5.74) is 8.75. The van der Waals surface area contributed by atoms with Crippen LogP contribution in [0.3, 0.4) is 0 Å². The van der Waals surface area contributed by atoms with Crippen molar-refractivity contribution in [1.29, 1.82) is 0 Å². The highest BCUT2D eigenvalue weighted by molar-refractivity contribution is 5.97. The van der Waals surface area contributed by atoms with Gasteiger partial charge in [0.1, 0.15) is 0 Å². The fourth-order valence-electron chi connectivity index (χ4n) is 1.73. The van der Waals surface area contributed by atoms with Gasteiger partial charge >= 0.3 is 0 Å². The maximum atomic E-state index is 5.96. The third kappa shape index (κ3) is 1.61. The molecule has 0 aliphatic carbocycles. The predicted molar refractivity (Wildman–Crippen MR) is 65.1 cm³/mol. The number of anilines is 2. The maximum absolute atomic E-state index is 5.96. The molecule has 0 fully saturated rings. The van der Waals surface area contributed by atoms with Crippen LogP contribution in [0.2, 0.25) is 0 Å². The first-order chi connectivity index (χ1) is 7.24. The minimum absolute atomic E-state index is 0.734. The molecule has 15 heavy (non-hydrogen) atoms. The minimum atomic E-state index is 0.734. The first-order valence-corrected chi connectivity index (χ1v) is 5.08. The average molecular weight is 201 g/mol. The molecule has 0 radical (unpaired) electrons. The van der Waals surface area contributed by atoms with E-state index >= 15 is 0 Å². The smallest absolute Gasteiger partial charge is 0.0745 e. The highest BCUT2D eigenvalue weighted by Gasteiger charge is 2.08. The van der Waals surface area contributed by atoms with E-state index in [-0.39, 0.29) is 0 Å². The number of pyridine rings is 1. The van der Waals surface area contributed by atoms with Gasteiger partial charge in [-0.15, -0.1) is 0 Å². The van der Waals surface area contributed by atoms with Gasteiger partial charge in [-0.2, -0.15) is 0 Å². The summed E-state index contributed by atoms with van der Waals surface area (Å²) >= 11 is 0. The molecular weight excluding hydrogens is 186 g/mol. The van der Waals surface area contributed by atoms with Crippen molar-refractivity contribution >= 4 is 22.3 Å². The molecule has 0 spiro atoms. The van der Waals surface area contributed by atoms with Crippen LogP contribution in [0.4, 0.5) is 11.4 Å². The van der Waals surface area contributed by atoms with Crippen molar-refractivity contribution in [2.24, 2.45) is 0 Å². The molecule has 78 valence electrons. The quantitative estimate of drug-likeness (QED) is 0.810. The summed E-state index contributed by atoms with van der Waals surface area (Å²) in [5, 5.41) is 1.11. The number of nitrogens with two attached hydrogens (primary N) is 1. The Balaban J connectivity index is 2.74. The summed E-state index contributed by atoms with van der Waals surface area (Å²) in [6, 6.07) is 8.06. The van der Waals surface area contributed by atoms with Crippen molar-refractivity contribution in [2.75, 3.05) is 24.2 Å². The zero-order chi connectivity index (χ0) is 10.8. The van der Waals surface area contributed by atoms with E-state index in [1.54, 1.807) is 6.20 Å². The second-order valence-electron chi connectivity index (χ2n) is 3.59. The van der Waals surface area contributed by atoms with Gasteiger partial charge in [0.2, 0.25) is 0 Å². The van der Waals surface area contributed by atoms with Gasteiger partial charge in [0.15, 0.2) is 0 Å². The molecule has 0 aliphatic heterocycles. The molecule has 0 atom stereocenters. The number of nitrogens with zero attached hydrogens (tertiary/aromatic N) is 2. The standard InChI is InChI=1S/C12H15N3/c1-3-15(2)12-9-6-4-5-7-11(9)14-8-10(12)13/h4-8H,3,13H2,1-2H3. The van der Waals surface area contributed by atoms with Gasteiger partial charge in [-0.25, -0.2) is 0 Å². The van der Waals surface area contributed by atoms with Gasteiger partial charge in [0.05, 0.1) is 23.1 Å². The van der Waals surface area contributed by atoms with Crippen LogP contribution in [0.1, 0.15) is 6.92 Å². The highest BCUT2D eigenvalue weighted by Crippen LogP contribution is 2.30. The van der Waals surface area contributed by atoms with Gasteiger partial charge in [-0.1, -0.05) is 18.2 Å². The Hall–Kier alpha value is -1.77. The van der Waals surface area contributed by atoms with E-state index in [1.165, 1.54) is 0 Å². The molecule has 2 rings (SSSR count). The molecule has 0 amide bonds. The molecule has 1 aromatic carbocycles. The van der Waals surface area contributed by atoms with Crippen LogP contribution in [0.15, 0.2) is 30.5 Å². The summed E-state index contributed by atoms with van der Waals surface area (Å²) < 4.78 is 0. The lowest BCUT2D eigenvalue weighted by atomic mass is 10.1. The van der Waals surface area contributed by atoms with Crippen LogP contribution >= 0.6 is 0 Å². The van der Waals surface area contributed by atoms with E-state index in [1.807, 2.05) is 25.2 Å². The zero-order valence-electron chi connectivity index (χ0n) is 9.07. The number of fused-ring (bicyclic) bond motifs is 1. The van der Waals surface area contributed by atoms with E-state index in [0.717, 1.165) is 28.8 Å². The molecule has 2 aromatic rings. The Morgan fingerprint density at radius 2 is 2.07 bits per heavy atom. The second kappa shape index (κ2) is 3.77. The van der Waals surface area contributed by atoms with Crippen LogP contribution in [0, 0.1) is 0 Å². The lowest BCUT2D eigenvalue weighted by Crippen LogP contribution is -2.17. The summed E-state index contributed by atoms with van der Waals surface area (Å²) in [6.45, 7) is 3.03. The monoisotopic (exact) mass is 201 g/mol. The molecule has 3 heteroatoms. The third-order valence-corrected chi connectivity index (χ3v) is 2.63. The number of nitrogen functional groups attached to an aromatic ring is 1. The van der Waals surface area contributed by atoms with Crippen molar-refractivity contribution < 1.29 is 0 Å². The van der Waals surface area contributed by atoms with E-state index in [2.05, 4.69) is 22.9 Å². The van der Waals surface area contributed by atoms with Gasteiger partial charge in [-0.05, 0) is 13.0 Å². The normalized spacial score (nSPS) is 10.5. The average Bonchev–Trinajstić information content (AvgIpc) is 2.28. The van der Waals surface area contributed by atoms with E-state index in [9.17, 15) is 0 Å². The van der Waals surface area contributed by atoms with Gasteiger partial charge in [-0.3, -0.25) is 4.98 Å². The molecular formula is C12H15N3. The Morgan fingerprint density at radius 3 is 2.80 bits per heavy atom. The zero-order valence-corrected chi connectivity index (χ0v) is 9.07. The predicted octanol–water partition coefficient (Wildman–Crippen LogP) is 2.27. The third-order valence-electron chi connectivity index (χ3n) is 2.63. The molecule has 0 saturated carbocycles. The summed E-state index contributed by atoms with van der Waals surface area (Å²) in [7, 11) is 2.04. The van der Waals surface area contributed by atoms with Crippen molar-refractivity contribution in [3.8, 4) is 0 Å². The van der Waals surface area contributed by atoms with E-state index in [4.69, 9.17) is 5.73 Å². The Morgan fingerprint density at radius 1 is 1.33 bits per heavy atom. The molecule has 3 nitrogen and oxygen atoms in total.